The number of fused-ring (bicyclic) bond motifs is 1. The first-order valence-corrected chi connectivity index (χ1v) is 11.6. The van der Waals surface area contributed by atoms with Gasteiger partial charge in [0, 0.05) is 42.7 Å². The van der Waals surface area contributed by atoms with Crippen molar-refractivity contribution >= 4 is 16.8 Å². The van der Waals surface area contributed by atoms with Crippen LogP contribution < -0.4 is 10.5 Å². The van der Waals surface area contributed by atoms with Gasteiger partial charge in [0.05, 0.1) is 17.8 Å². The number of alkyl halides is 3. The van der Waals surface area contributed by atoms with E-state index < -0.39 is 19.2 Å². The molecule has 4 aromatic rings. The van der Waals surface area contributed by atoms with E-state index in [1.54, 1.807) is 18.3 Å². The Hall–Kier alpha value is -3.86. The normalized spacial score (nSPS) is 18.7. The lowest BCUT2D eigenvalue weighted by atomic mass is 9.86. The quantitative estimate of drug-likeness (QED) is 0.380. The maximum Gasteiger partial charge on any atom is 0.387 e. The van der Waals surface area contributed by atoms with Gasteiger partial charge < -0.3 is 10.5 Å². The van der Waals surface area contributed by atoms with E-state index >= 15 is 0 Å². The molecular weight excluding hydrogens is 473 g/mol. The number of nitrogens with two attached hydrogens (primary N) is 1. The Balaban J connectivity index is 1.44. The minimum Gasteiger partial charge on any atom is -0.435 e. The van der Waals surface area contributed by atoms with Gasteiger partial charge in [0.25, 0.3) is 5.91 Å². The fraction of sp³-hybridized carbons (Fsp3) is 0.320. The molecule has 188 valence electrons. The topological polar surface area (TPSA) is 102 Å². The summed E-state index contributed by atoms with van der Waals surface area (Å²) < 4.78 is 44.6. The predicted octanol–water partition coefficient (Wildman–Crippen LogP) is 4.13. The van der Waals surface area contributed by atoms with Crippen molar-refractivity contribution in [2.45, 2.75) is 25.0 Å². The van der Waals surface area contributed by atoms with Gasteiger partial charge in [-0.2, -0.15) is 19.0 Å². The molecule has 11 heteroatoms. The summed E-state index contributed by atoms with van der Waals surface area (Å²) in [5.74, 6) is -0.550. The molecule has 0 saturated carbocycles. The van der Waals surface area contributed by atoms with Gasteiger partial charge in [-0.3, -0.25) is 19.5 Å². The van der Waals surface area contributed by atoms with E-state index in [2.05, 4.69) is 24.9 Å². The van der Waals surface area contributed by atoms with E-state index in [9.17, 15) is 18.0 Å². The van der Waals surface area contributed by atoms with Crippen molar-refractivity contribution in [2.75, 3.05) is 26.3 Å². The number of carbonyl (C=O) groups is 1. The second kappa shape index (κ2) is 10.0. The molecule has 1 amide bonds. The Labute approximate surface area is 204 Å². The van der Waals surface area contributed by atoms with Crippen molar-refractivity contribution in [1.29, 1.82) is 0 Å². The number of benzene rings is 2. The van der Waals surface area contributed by atoms with Crippen LogP contribution in [0.1, 0.15) is 34.4 Å². The summed E-state index contributed by atoms with van der Waals surface area (Å²) >= 11 is 0. The Bertz CT molecular complexity index is 1350. The van der Waals surface area contributed by atoms with Crippen LogP contribution >= 0.6 is 0 Å². The first-order valence-electron chi connectivity index (χ1n) is 11.6. The maximum atomic E-state index is 13.1. The number of halogens is 3. The smallest absolute Gasteiger partial charge is 0.387 e. The molecule has 5 rings (SSSR count). The first-order chi connectivity index (χ1) is 17.4. The molecule has 2 unspecified atom stereocenters. The summed E-state index contributed by atoms with van der Waals surface area (Å²) in [5.41, 5.74) is 8.99. The number of carbonyl (C=O) groups excluding carboxylic acids is 1. The van der Waals surface area contributed by atoms with Gasteiger partial charge in [0.15, 0.2) is 5.69 Å². The summed E-state index contributed by atoms with van der Waals surface area (Å²) in [6, 6.07) is 12.2. The zero-order valence-corrected chi connectivity index (χ0v) is 19.3. The van der Waals surface area contributed by atoms with Crippen LogP contribution in [-0.4, -0.2) is 63.7 Å². The minimum atomic E-state index is -2.89. The summed E-state index contributed by atoms with van der Waals surface area (Å²) in [5, 5.41) is 12.1. The van der Waals surface area contributed by atoms with Crippen LogP contribution in [0.2, 0.25) is 0 Å². The fourth-order valence-electron chi connectivity index (χ4n) is 4.92. The number of rotatable bonds is 8. The number of H-pyrrole nitrogens is 1. The molecule has 1 fully saturated rings. The number of piperidine rings is 1. The molecule has 0 bridgehead atoms. The number of nitrogens with zero attached hydrogens (tertiary/aromatic N) is 4. The highest BCUT2D eigenvalue weighted by Gasteiger charge is 2.32. The lowest BCUT2D eigenvalue weighted by molar-refractivity contribution is -0.0498. The molecule has 2 aromatic heterocycles. The van der Waals surface area contributed by atoms with Crippen LogP contribution in [0.4, 0.5) is 13.2 Å². The largest absolute Gasteiger partial charge is 0.435 e. The third-order valence-corrected chi connectivity index (χ3v) is 6.67. The van der Waals surface area contributed by atoms with Crippen LogP contribution in [0.5, 0.6) is 5.75 Å². The third-order valence-electron chi connectivity index (χ3n) is 6.67. The highest BCUT2D eigenvalue weighted by molar-refractivity contribution is 6.04. The Morgan fingerprint density at radius 1 is 1.19 bits per heavy atom. The van der Waals surface area contributed by atoms with E-state index in [1.165, 1.54) is 12.1 Å². The van der Waals surface area contributed by atoms with Crippen molar-refractivity contribution < 1.29 is 22.7 Å². The van der Waals surface area contributed by atoms with Crippen molar-refractivity contribution in [2.24, 2.45) is 5.73 Å². The van der Waals surface area contributed by atoms with Gasteiger partial charge in [-0.1, -0.05) is 18.2 Å². The highest BCUT2D eigenvalue weighted by Crippen LogP contribution is 2.37. The first kappa shape index (κ1) is 23.9. The standard InChI is InChI=1S/C25H25F3N6O2/c26-8-10-33-9-7-22(20(14-33)15-1-4-18(5-2-15)36-25(27)28)34-13-17(12-30-34)16-3-6-21-19(11-16)23(24(29)35)32-31-21/h1-6,11-13,20,22,25H,7-10,14H2,(H2,29,35)(H,31,32). The molecule has 36 heavy (non-hydrogen) atoms. The summed E-state index contributed by atoms with van der Waals surface area (Å²) in [6.45, 7) is -1.65. The van der Waals surface area contributed by atoms with E-state index in [0.29, 0.717) is 24.0 Å². The van der Waals surface area contributed by atoms with Gasteiger partial charge in [-0.25, -0.2) is 4.39 Å². The lowest BCUT2D eigenvalue weighted by Gasteiger charge is -2.38. The molecule has 8 nitrogen and oxygen atoms in total. The van der Waals surface area contributed by atoms with E-state index in [1.807, 2.05) is 29.1 Å². The number of likely N-dealkylation sites (tertiary alicyclic amines) is 1. The molecular formula is C25H25F3N6O2. The molecule has 0 aliphatic carbocycles. The monoisotopic (exact) mass is 498 g/mol. The lowest BCUT2D eigenvalue weighted by Crippen LogP contribution is -2.41. The minimum absolute atomic E-state index is 0.0182. The van der Waals surface area contributed by atoms with Crippen molar-refractivity contribution in [1.82, 2.24) is 24.9 Å². The van der Waals surface area contributed by atoms with Gasteiger partial charge >= 0.3 is 6.61 Å². The van der Waals surface area contributed by atoms with Gasteiger partial charge in [0.1, 0.15) is 12.4 Å². The van der Waals surface area contributed by atoms with Crippen molar-refractivity contribution in [3.63, 3.8) is 0 Å². The number of hydrogen-bond donors (Lipinski definition) is 2. The van der Waals surface area contributed by atoms with Crippen molar-refractivity contribution in [3.05, 3.63) is 66.1 Å². The van der Waals surface area contributed by atoms with Crippen LogP contribution in [0.3, 0.4) is 0 Å². The van der Waals surface area contributed by atoms with E-state index in [-0.39, 0.29) is 23.4 Å². The second-order valence-electron chi connectivity index (χ2n) is 8.81. The van der Waals surface area contributed by atoms with Gasteiger partial charge in [-0.15, -0.1) is 0 Å². The molecule has 1 saturated heterocycles. The number of aromatic nitrogens is 4. The molecule has 3 heterocycles. The zero-order chi connectivity index (χ0) is 25.2. The molecule has 1 aliphatic rings. The summed E-state index contributed by atoms with van der Waals surface area (Å²) in [4.78, 5) is 13.8. The molecule has 0 spiro atoms. The third kappa shape index (κ3) is 4.78. The number of hydrogen-bond acceptors (Lipinski definition) is 5. The average molecular weight is 499 g/mol. The summed E-state index contributed by atoms with van der Waals surface area (Å²) in [6.07, 6.45) is 4.45. The zero-order valence-electron chi connectivity index (χ0n) is 19.3. The average Bonchev–Trinajstić information content (AvgIpc) is 3.52. The number of aromatic amines is 1. The second-order valence-corrected chi connectivity index (χ2v) is 8.81. The van der Waals surface area contributed by atoms with Crippen LogP contribution in [0, 0.1) is 0 Å². The number of primary amides is 1. The Kier molecular flexibility index (Phi) is 6.64. The van der Waals surface area contributed by atoms with Gasteiger partial charge in [0.2, 0.25) is 0 Å². The molecule has 2 aromatic carbocycles. The highest BCUT2D eigenvalue weighted by atomic mass is 19.3. The van der Waals surface area contributed by atoms with Crippen LogP contribution in [0.15, 0.2) is 54.9 Å². The Morgan fingerprint density at radius 3 is 2.72 bits per heavy atom. The number of ether oxygens (including phenoxy) is 1. The molecule has 0 radical (unpaired) electrons. The molecule has 2 atom stereocenters. The number of amides is 1. The fourth-order valence-corrected chi connectivity index (χ4v) is 4.92. The SMILES string of the molecule is NC(=O)c1n[nH]c2ccc(-c3cnn(C4CCN(CCF)CC4c4ccc(OC(F)F)cc4)c3)cc12. The summed E-state index contributed by atoms with van der Waals surface area (Å²) in [7, 11) is 0. The van der Waals surface area contributed by atoms with Gasteiger partial charge in [-0.05, 0) is 41.8 Å². The van der Waals surface area contributed by atoms with Crippen LogP contribution in [-0.2, 0) is 0 Å². The molecule has 1 aliphatic heterocycles. The Morgan fingerprint density at radius 2 is 2.00 bits per heavy atom. The van der Waals surface area contributed by atoms with Crippen molar-refractivity contribution in [3.8, 4) is 16.9 Å². The van der Waals surface area contributed by atoms with E-state index in [4.69, 9.17) is 5.73 Å². The number of nitrogens with one attached hydrogen (secondary N) is 1. The molecule has 3 N–H and O–H groups in total. The van der Waals surface area contributed by atoms with E-state index in [0.717, 1.165) is 29.7 Å². The predicted molar refractivity (Wildman–Crippen MR) is 128 cm³/mol. The maximum absolute atomic E-state index is 13.1. The van der Waals surface area contributed by atoms with Crippen LogP contribution in [0.25, 0.3) is 22.0 Å².